The van der Waals surface area contributed by atoms with Gasteiger partial charge >= 0.3 is 0 Å². The van der Waals surface area contributed by atoms with E-state index in [4.69, 9.17) is 11.6 Å². The third-order valence-corrected chi connectivity index (χ3v) is 2.29. The maximum Gasteiger partial charge on any atom is 0.150 e. The van der Waals surface area contributed by atoms with Crippen LogP contribution in [0.1, 0.15) is 28.4 Å². The van der Waals surface area contributed by atoms with Gasteiger partial charge in [0.1, 0.15) is 12.1 Å². The van der Waals surface area contributed by atoms with Crippen LogP contribution in [0.4, 0.5) is 4.39 Å². The van der Waals surface area contributed by atoms with E-state index in [0.29, 0.717) is 23.1 Å². The molecule has 0 aromatic heterocycles. The third kappa shape index (κ3) is 1.89. The Balaban J connectivity index is 3.35. The highest BCUT2D eigenvalue weighted by atomic mass is 35.5. The molecule has 0 aliphatic heterocycles. The Bertz CT molecular complexity index is 323. The zero-order valence-electron chi connectivity index (χ0n) is 7.31. The number of halogens is 2. The van der Waals surface area contributed by atoms with Gasteiger partial charge in [0.25, 0.3) is 0 Å². The lowest BCUT2D eigenvalue weighted by molar-refractivity contribution is 0.112. The number of hydrogen-bond donors (Lipinski definition) is 0. The highest BCUT2D eigenvalue weighted by molar-refractivity contribution is 6.17. The molecule has 3 heteroatoms. The average molecular weight is 201 g/mol. The summed E-state index contributed by atoms with van der Waals surface area (Å²) in [5, 5.41) is 0. The fraction of sp³-hybridized carbons (Fsp3) is 0.300. The second-order valence-corrected chi connectivity index (χ2v) is 2.97. The Morgan fingerprint density at radius 2 is 2.15 bits per heavy atom. The maximum atomic E-state index is 13.2. The molecule has 1 aromatic carbocycles. The smallest absolute Gasteiger partial charge is 0.150 e. The summed E-state index contributed by atoms with van der Waals surface area (Å²) in [7, 11) is 0. The van der Waals surface area contributed by atoms with E-state index >= 15 is 0 Å². The largest absolute Gasteiger partial charge is 0.298 e. The Kier molecular flexibility index (Phi) is 3.43. The normalized spacial score (nSPS) is 10.1. The van der Waals surface area contributed by atoms with E-state index in [1.165, 1.54) is 12.1 Å². The van der Waals surface area contributed by atoms with E-state index in [2.05, 4.69) is 0 Å². The first kappa shape index (κ1) is 10.2. The summed E-state index contributed by atoms with van der Waals surface area (Å²) in [6.45, 7) is 1.87. The first-order chi connectivity index (χ1) is 6.24. The first-order valence-electron chi connectivity index (χ1n) is 4.06. The lowest BCUT2D eigenvalue weighted by atomic mass is 10.00. The summed E-state index contributed by atoms with van der Waals surface area (Å²) in [6.07, 6.45) is 1.35. The molecule has 0 bridgehead atoms. The van der Waals surface area contributed by atoms with Crippen LogP contribution >= 0.6 is 11.6 Å². The molecule has 0 N–H and O–H groups in total. The molecule has 1 aromatic rings. The third-order valence-electron chi connectivity index (χ3n) is 2.02. The van der Waals surface area contributed by atoms with Crippen molar-refractivity contribution in [3.63, 3.8) is 0 Å². The average Bonchev–Trinajstić information content (AvgIpc) is 2.17. The van der Waals surface area contributed by atoms with Gasteiger partial charge in [0.15, 0.2) is 0 Å². The molecule has 0 unspecified atom stereocenters. The van der Waals surface area contributed by atoms with Crippen molar-refractivity contribution in [2.75, 3.05) is 0 Å². The molecule has 70 valence electrons. The van der Waals surface area contributed by atoms with E-state index in [9.17, 15) is 9.18 Å². The second-order valence-electron chi connectivity index (χ2n) is 2.70. The van der Waals surface area contributed by atoms with Crippen molar-refractivity contribution in [2.24, 2.45) is 0 Å². The second kappa shape index (κ2) is 4.38. The highest BCUT2D eigenvalue weighted by Gasteiger charge is 2.10. The van der Waals surface area contributed by atoms with Gasteiger partial charge in [0.2, 0.25) is 0 Å². The first-order valence-corrected chi connectivity index (χ1v) is 4.59. The number of alkyl halides is 1. The molecule has 0 spiro atoms. The number of rotatable bonds is 3. The molecular formula is C10H10ClFO. The monoisotopic (exact) mass is 200 g/mol. The van der Waals surface area contributed by atoms with Crippen LogP contribution < -0.4 is 0 Å². The van der Waals surface area contributed by atoms with Gasteiger partial charge in [-0.25, -0.2) is 4.39 Å². The Hall–Kier alpha value is -0.890. The van der Waals surface area contributed by atoms with Crippen LogP contribution in [-0.2, 0) is 12.3 Å². The topological polar surface area (TPSA) is 17.1 Å². The van der Waals surface area contributed by atoms with Gasteiger partial charge in [-0.3, -0.25) is 4.79 Å². The molecule has 0 saturated heterocycles. The van der Waals surface area contributed by atoms with Gasteiger partial charge in [-0.15, -0.1) is 11.6 Å². The minimum atomic E-state index is -0.336. The van der Waals surface area contributed by atoms with Crippen LogP contribution in [0, 0.1) is 5.82 Å². The van der Waals surface area contributed by atoms with Gasteiger partial charge in [-0.1, -0.05) is 6.92 Å². The summed E-state index contributed by atoms with van der Waals surface area (Å²) in [4.78, 5) is 10.6. The Morgan fingerprint density at radius 1 is 1.46 bits per heavy atom. The van der Waals surface area contributed by atoms with Crippen LogP contribution in [0.3, 0.4) is 0 Å². The van der Waals surface area contributed by atoms with Gasteiger partial charge < -0.3 is 0 Å². The molecule has 0 aliphatic carbocycles. The van der Waals surface area contributed by atoms with Crippen molar-refractivity contribution in [3.8, 4) is 0 Å². The standard InChI is InChI=1S/C10H10ClFO/c1-2-8-7(6-13)3-4-10(12)9(8)5-11/h3-4,6H,2,5H2,1H3. The molecule has 1 rings (SSSR count). The summed E-state index contributed by atoms with van der Waals surface area (Å²) < 4.78 is 13.2. The van der Waals surface area contributed by atoms with Crippen molar-refractivity contribution in [1.29, 1.82) is 0 Å². The van der Waals surface area contributed by atoms with Crippen molar-refractivity contribution in [2.45, 2.75) is 19.2 Å². The van der Waals surface area contributed by atoms with Gasteiger partial charge in [-0.05, 0) is 24.1 Å². The summed E-state index contributed by atoms with van der Waals surface area (Å²) >= 11 is 5.59. The van der Waals surface area contributed by atoms with Gasteiger partial charge in [0.05, 0.1) is 5.88 Å². The molecule has 0 radical (unpaired) electrons. The number of hydrogen-bond acceptors (Lipinski definition) is 1. The van der Waals surface area contributed by atoms with Crippen LogP contribution in [0.5, 0.6) is 0 Å². The molecule has 0 saturated carbocycles. The zero-order chi connectivity index (χ0) is 9.84. The molecular weight excluding hydrogens is 191 g/mol. The predicted octanol–water partition coefficient (Wildman–Crippen LogP) is 2.94. The minimum Gasteiger partial charge on any atom is -0.298 e. The van der Waals surface area contributed by atoms with E-state index in [-0.39, 0.29) is 11.7 Å². The number of aldehydes is 1. The van der Waals surface area contributed by atoms with Crippen LogP contribution in [0.2, 0.25) is 0 Å². The molecule has 1 nitrogen and oxygen atoms in total. The maximum absolute atomic E-state index is 13.2. The lowest BCUT2D eigenvalue weighted by Gasteiger charge is -2.08. The number of benzene rings is 1. The minimum absolute atomic E-state index is 0.108. The van der Waals surface area contributed by atoms with E-state index in [1.54, 1.807) is 0 Å². The lowest BCUT2D eigenvalue weighted by Crippen LogP contribution is -1.99. The molecule has 0 aliphatic rings. The molecule has 0 heterocycles. The van der Waals surface area contributed by atoms with Crippen molar-refractivity contribution < 1.29 is 9.18 Å². The fourth-order valence-corrected chi connectivity index (χ4v) is 1.64. The molecule has 13 heavy (non-hydrogen) atoms. The quantitative estimate of drug-likeness (QED) is 0.542. The number of carbonyl (C=O) groups excluding carboxylic acids is 1. The van der Waals surface area contributed by atoms with Crippen molar-refractivity contribution >= 4 is 17.9 Å². The van der Waals surface area contributed by atoms with E-state index in [1.807, 2.05) is 6.92 Å². The SMILES string of the molecule is CCc1c(C=O)ccc(F)c1CCl. The van der Waals surface area contributed by atoms with Gasteiger partial charge in [-0.2, -0.15) is 0 Å². The Morgan fingerprint density at radius 3 is 2.62 bits per heavy atom. The zero-order valence-corrected chi connectivity index (χ0v) is 8.07. The van der Waals surface area contributed by atoms with E-state index < -0.39 is 0 Å². The van der Waals surface area contributed by atoms with Crippen LogP contribution in [-0.4, -0.2) is 6.29 Å². The molecule has 0 fully saturated rings. The van der Waals surface area contributed by atoms with Crippen molar-refractivity contribution in [3.05, 3.63) is 34.6 Å². The molecule has 0 atom stereocenters. The van der Waals surface area contributed by atoms with Gasteiger partial charge in [0, 0.05) is 11.1 Å². The number of carbonyl (C=O) groups is 1. The van der Waals surface area contributed by atoms with Crippen LogP contribution in [0.25, 0.3) is 0 Å². The summed E-state index contributed by atoms with van der Waals surface area (Å²) in [5.41, 5.74) is 1.68. The fourth-order valence-electron chi connectivity index (χ4n) is 1.35. The molecule has 0 amide bonds. The predicted molar refractivity (Wildman–Crippen MR) is 50.7 cm³/mol. The van der Waals surface area contributed by atoms with E-state index in [0.717, 1.165) is 6.29 Å². The van der Waals surface area contributed by atoms with Crippen LogP contribution in [0.15, 0.2) is 12.1 Å². The highest BCUT2D eigenvalue weighted by Crippen LogP contribution is 2.19. The van der Waals surface area contributed by atoms with Crippen molar-refractivity contribution in [1.82, 2.24) is 0 Å². The summed E-state index contributed by atoms with van der Waals surface area (Å²) in [5.74, 6) is -0.228. The Labute approximate surface area is 81.5 Å². The summed E-state index contributed by atoms with van der Waals surface area (Å²) in [6, 6.07) is 2.76.